The van der Waals surface area contributed by atoms with Crippen molar-refractivity contribution in [3.63, 3.8) is 0 Å². The fourth-order valence-electron chi connectivity index (χ4n) is 5.11. The Morgan fingerprint density at radius 3 is 2.63 bits per heavy atom. The number of nitrogens with one attached hydrogen (secondary N) is 1. The summed E-state index contributed by atoms with van der Waals surface area (Å²) in [5, 5.41) is 3.13. The van der Waals surface area contributed by atoms with Crippen LogP contribution in [0.4, 0.5) is 0 Å². The van der Waals surface area contributed by atoms with Gasteiger partial charge in [-0.2, -0.15) is 4.31 Å². The predicted octanol–water partition coefficient (Wildman–Crippen LogP) is 3.68. The van der Waals surface area contributed by atoms with Crippen LogP contribution in [-0.2, 0) is 10.0 Å². The van der Waals surface area contributed by atoms with Gasteiger partial charge in [-0.25, -0.2) is 8.42 Å². The number of amides is 1. The zero-order valence-electron chi connectivity index (χ0n) is 15.5. The average Bonchev–Trinajstić information content (AvgIpc) is 3.40. The number of carbonyl (C=O) groups excluding carboxylic acids is 1. The predicted molar refractivity (Wildman–Crippen MR) is 105 cm³/mol. The Balaban J connectivity index is 1.40. The van der Waals surface area contributed by atoms with Crippen LogP contribution in [0, 0.1) is 17.8 Å². The highest BCUT2D eigenvalue weighted by Gasteiger charge is 2.38. The van der Waals surface area contributed by atoms with Gasteiger partial charge in [0.25, 0.3) is 5.91 Å². The third-order valence-corrected chi connectivity index (χ3v) is 8.94. The maximum atomic E-state index is 12.8. The lowest BCUT2D eigenvalue weighted by Crippen LogP contribution is -2.29. The summed E-state index contributed by atoms with van der Waals surface area (Å²) < 4.78 is 27.1. The highest BCUT2D eigenvalue weighted by molar-refractivity contribution is 7.89. The summed E-state index contributed by atoms with van der Waals surface area (Å²) in [6, 6.07) is 4.52. The highest BCUT2D eigenvalue weighted by Crippen LogP contribution is 2.49. The number of hydrogen-bond acceptors (Lipinski definition) is 3. The second-order valence-electron chi connectivity index (χ2n) is 8.24. The van der Waals surface area contributed by atoms with Gasteiger partial charge in [0.2, 0.25) is 10.0 Å². The summed E-state index contributed by atoms with van der Waals surface area (Å²) in [5.41, 5.74) is 0.352. The average molecular weight is 411 g/mol. The van der Waals surface area contributed by atoms with Crippen molar-refractivity contribution in [1.82, 2.24) is 9.62 Å². The molecule has 1 amide bonds. The van der Waals surface area contributed by atoms with Crippen LogP contribution in [0.5, 0.6) is 0 Å². The Morgan fingerprint density at radius 1 is 1.19 bits per heavy atom. The summed E-state index contributed by atoms with van der Waals surface area (Å²) >= 11 is 6.15. The molecule has 2 aliphatic carbocycles. The van der Waals surface area contributed by atoms with Gasteiger partial charge in [0.05, 0.1) is 5.02 Å². The van der Waals surface area contributed by atoms with E-state index >= 15 is 0 Å². The van der Waals surface area contributed by atoms with E-state index in [1.807, 2.05) is 0 Å². The lowest BCUT2D eigenvalue weighted by atomic mass is 9.86. The topological polar surface area (TPSA) is 66.5 Å². The molecule has 1 aliphatic heterocycles. The first kappa shape index (κ1) is 19.2. The van der Waals surface area contributed by atoms with E-state index in [0.717, 1.165) is 37.0 Å². The molecule has 1 aromatic rings. The Hall–Kier alpha value is -1.11. The third-order valence-electron chi connectivity index (χ3n) is 6.56. The number of hydrogen-bond donors (Lipinski definition) is 1. The first-order valence-electron chi connectivity index (χ1n) is 10.0. The van der Waals surface area contributed by atoms with E-state index in [-0.39, 0.29) is 15.8 Å². The summed E-state index contributed by atoms with van der Waals surface area (Å²) in [5.74, 6) is 2.26. The van der Waals surface area contributed by atoms with E-state index in [1.165, 1.54) is 42.1 Å². The number of carbonyl (C=O) groups is 1. The van der Waals surface area contributed by atoms with Crippen molar-refractivity contribution in [2.24, 2.45) is 17.8 Å². The second kappa shape index (κ2) is 7.72. The van der Waals surface area contributed by atoms with E-state index in [9.17, 15) is 13.2 Å². The summed E-state index contributed by atoms with van der Waals surface area (Å²) in [7, 11) is -3.64. The molecule has 4 rings (SSSR count). The molecule has 2 bridgehead atoms. The molecule has 5 nitrogen and oxygen atoms in total. The van der Waals surface area contributed by atoms with Gasteiger partial charge in [0.1, 0.15) is 4.90 Å². The molecule has 3 unspecified atom stereocenters. The second-order valence-corrected chi connectivity index (χ2v) is 10.5. The van der Waals surface area contributed by atoms with Crippen molar-refractivity contribution >= 4 is 27.5 Å². The van der Waals surface area contributed by atoms with Gasteiger partial charge in [0.15, 0.2) is 0 Å². The van der Waals surface area contributed by atoms with Crippen LogP contribution in [0.3, 0.4) is 0 Å². The number of rotatable bonds is 6. The molecule has 2 saturated carbocycles. The van der Waals surface area contributed by atoms with Crippen LogP contribution in [-0.4, -0.2) is 38.3 Å². The van der Waals surface area contributed by atoms with Gasteiger partial charge < -0.3 is 5.32 Å². The van der Waals surface area contributed by atoms with E-state index < -0.39 is 10.0 Å². The zero-order chi connectivity index (χ0) is 19.0. The van der Waals surface area contributed by atoms with Crippen LogP contribution in [0.2, 0.25) is 5.02 Å². The summed E-state index contributed by atoms with van der Waals surface area (Å²) in [6.45, 7) is 1.67. The monoisotopic (exact) mass is 410 g/mol. The van der Waals surface area contributed by atoms with Gasteiger partial charge in [-0.3, -0.25) is 4.79 Å². The summed E-state index contributed by atoms with van der Waals surface area (Å²) in [4.78, 5) is 12.6. The first-order chi connectivity index (χ1) is 12.9. The number of sulfonamides is 1. The van der Waals surface area contributed by atoms with Gasteiger partial charge in [-0.15, -0.1) is 0 Å². The van der Waals surface area contributed by atoms with Crippen molar-refractivity contribution in [3.8, 4) is 0 Å². The molecular formula is C20H27ClN2O3S. The normalized spacial score (nSPS) is 28.0. The van der Waals surface area contributed by atoms with E-state index in [0.29, 0.717) is 25.2 Å². The molecule has 27 heavy (non-hydrogen) atoms. The van der Waals surface area contributed by atoms with Gasteiger partial charge in [-0.05, 0) is 74.5 Å². The van der Waals surface area contributed by atoms with Crippen LogP contribution < -0.4 is 5.32 Å². The van der Waals surface area contributed by atoms with E-state index in [2.05, 4.69) is 5.32 Å². The maximum absolute atomic E-state index is 12.8. The number of nitrogens with zero attached hydrogens (tertiary/aromatic N) is 1. The lowest BCUT2D eigenvalue weighted by molar-refractivity contribution is 0.0949. The quantitative estimate of drug-likeness (QED) is 0.777. The Morgan fingerprint density at radius 2 is 1.96 bits per heavy atom. The highest BCUT2D eigenvalue weighted by atomic mass is 35.5. The van der Waals surface area contributed by atoms with Crippen molar-refractivity contribution in [2.45, 2.75) is 49.8 Å². The van der Waals surface area contributed by atoms with Gasteiger partial charge >= 0.3 is 0 Å². The van der Waals surface area contributed by atoms with E-state index in [4.69, 9.17) is 11.6 Å². The standard InChI is InChI=1S/C20H27ClN2O3S/c21-18-6-5-17(13-19(18)27(25,26)23-9-1-2-10-23)20(24)22-8-7-16-12-14-3-4-15(16)11-14/h5-6,13-16H,1-4,7-12H2,(H,22,24). The van der Waals surface area contributed by atoms with Gasteiger partial charge in [0, 0.05) is 25.2 Å². The molecule has 3 atom stereocenters. The molecular weight excluding hydrogens is 384 g/mol. The number of fused-ring (bicyclic) bond motifs is 2. The largest absolute Gasteiger partial charge is 0.352 e. The zero-order valence-corrected chi connectivity index (χ0v) is 17.1. The van der Waals surface area contributed by atoms with Crippen molar-refractivity contribution < 1.29 is 13.2 Å². The van der Waals surface area contributed by atoms with Crippen LogP contribution in [0.25, 0.3) is 0 Å². The molecule has 1 saturated heterocycles. The minimum atomic E-state index is -3.64. The number of halogens is 1. The Bertz CT molecular complexity index is 821. The fourth-order valence-corrected chi connectivity index (χ4v) is 7.13. The van der Waals surface area contributed by atoms with Crippen molar-refractivity contribution in [2.75, 3.05) is 19.6 Å². The molecule has 1 heterocycles. The van der Waals surface area contributed by atoms with E-state index in [1.54, 1.807) is 6.07 Å². The summed E-state index contributed by atoms with van der Waals surface area (Å²) in [6.07, 6.45) is 8.14. The molecule has 1 N–H and O–H groups in total. The molecule has 0 spiro atoms. The lowest BCUT2D eigenvalue weighted by Gasteiger charge is -2.21. The molecule has 0 radical (unpaired) electrons. The maximum Gasteiger partial charge on any atom is 0.251 e. The molecule has 3 fully saturated rings. The molecule has 3 aliphatic rings. The minimum absolute atomic E-state index is 0.0341. The fraction of sp³-hybridized carbons (Fsp3) is 0.650. The number of benzene rings is 1. The van der Waals surface area contributed by atoms with Crippen molar-refractivity contribution in [3.05, 3.63) is 28.8 Å². The van der Waals surface area contributed by atoms with Crippen LogP contribution >= 0.6 is 11.6 Å². The van der Waals surface area contributed by atoms with Gasteiger partial charge in [-0.1, -0.05) is 18.0 Å². The third kappa shape index (κ3) is 3.89. The molecule has 0 aromatic heterocycles. The minimum Gasteiger partial charge on any atom is -0.352 e. The Labute approximate surface area is 166 Å². The van der Waals surface area contributed by atoms with Crippen LogP contribution in [0.1, 0.15) is 55.3 Å². The molecule has 148 valence electrons. The SMILES string of the molecule is O=C(NCCC1CC2CCC1C2)c1ccc(Cl)c(S(=O)(=O)N2CCCC2)c1. The smallest absolute Gasteiger partial charge is 0.251 e. The first-order valence-corrected chi connectivity index (χ1v) is 11.8. The Kier molecular flexibility index (Phi) is 5.50. The van der Waals surface area contributed by atoms with Crippen molar-refractivity contribution in [1.29, 1.82) is 0 Å². The molecule has 1 aromatic carbocycles. The van der Waals surface area contributed by atoms with Crippen LogP contribution in [0.15, 0.2) is 23.1 Å². The molecule has 7 heteroatoms.